The SMILES string of the molecule is CCOc1cc(CCNC(=O)c2cc(CNc3ccccc3C(=O)Nc3ccc4c(c3)OC(F)(F)O4)ccn2)ccc1OC. The van der Waals surface area contributed by atoms with Crippen molar-refractivity contribution in [2.45, 2.75) is 26.2 Å². The molecule has 0 radical (unpaired) electrons. The van der Waals surface area contributed by atoms with Gasteiger partial charge in [0.25, 0.3) is 11.8 Å². The Morgan fingerprint density at radius 1 is 0.909 bits per heavy atom. The summed E-state index contributed by atoms with van der Waals surface area (Å²) in [5.74, 6) is 0.240. The molecule has 0 saturated heterocycles. The second-order valence-corrected chi connectivity index (χ2v) is 9.66. The minimum absolute atomic E-state index is 0.117. The van der Waals surface area contributed by atoms with Crippen LogP contribution in [-0.4, -0.2) is 43.4 Å². The lowest BCUT2D eigenvalue weighted by Gasteiger charge is -2.13. The molecule has 4 aromatic rings. The van der Waals surface area contributed by atoms with Crippen LogP contribution in [-0.2, 0) is 13.0 Å². The van der Waals surface area contributed by atoms with Gasteiger partial charge in [0, 0.05) is 36.7 Å². The van der Waals surface area contributed by atoms with E-state index >= 15 is 0 Å². The van der Waals surface area contributed by atoms with Crippen molar-refractivity contribution in [3.63, 3.8) is 0 Å². The first kappa shape index (κ1) is 30.1. The van der Waals surface area contributed by atoms with Crippen LogP contribution in [0, 0.1) is 0 Å². The Morgan fingerprint density at radius 2 is 1.73 bits per heavy atom. The van der Waals surface area contributed by atoms with Crippen LogP contribution >= 0.6 is 0 Å². The summed E-state index contributed by atoms with van der Waals surface area (Å²) < 4.78 is 46.5. The number of ether oxygens (including phenoxy) is 4. The number of anilines is 2. The van der Waals surface area contributed by atoms with E-state index in [1.54, 1.807) is 49.7 Å². The van der Waals surface area contributed by atoms with E-state index in [4.69, 9.17) is 9.47 Å². The number of fused-ring (bicyclic) bond motifs is 1. The Bertz CT molecular complexity index is 1670. The van der Waals surface area contributed by atoms with Gasteiger partial charge in [0.2, 0.25) is 0 Å². The number of carbonyl (C=O) groups is 2. The number of amides is 2. The van der Waals surface area contributed by atoms with Gasteiger partial charge in [-0.1, -0.05) is 18.2 Å². The van der Waals surface area contributed by atoms with Crippen LogP contribution in [0.25, 0.3) is 0 Å². The zero-order valence-corrected chi connectivity index (χ0v) is 24.0. The van der Waals surface area contributed by atoms with Crippen molar-refractivity contribution in [3.05, 3.63) is 101 Å². The number of nitrogens with one attached hydrogen (secondary N) is 3. The van der Waals surface area contributed by atoms with Gasteiger partial charge < -0.3 is 34.9 Å². The van der Waals surface area contributed by atoms with Gasteiger partial charge in [0.15, 0.2) is 23.0 Å². The van der Waals surface area contributed by atoms with Crippen LogP contribution in [0.1, 0.15) is 38.9 Å². The number of nitrogens with zero attached hydrogens (tertiary/aromatic N) is 1. The first-order chi connectivity index (χ1) is 21.2. The lowest BCUT2D eigenvalue weighted by atomic mass is 10.1. The Balaban J connectivity index is 1.17. The fourth-order valence-electron chi connectivity index (χ4n) is 4.52. The van der Waals surface area contributed by atoms with Crippen molar-refractivity contribution in [2.75, 3.05) is 30.9 Å². The first-order valence-corrected chi connectivity index (χ1v) is 13.8. The molecule has 10 nitrogen and oxygen atoms in total. The Labute approximate surface area is 252 Å². The highest BCUT2D eigenvalue weighted by atomic mass is 19.3. The number of alkyl halides is 2. The van der Waals surface area contributed by atoms with Gasteiger partial charge in [-0.25, -0.2) is 0 Å². The molecule has 228 valence electrons. The van der Waals surface area contributed by atoms with Crippen LogP contribution in [0.4, 0.5) is 20.2 Å². The average molecular weight is 605 g/mol. The van der Waals surface area contributed by atoms with Crippen molar-refractivity contribution in [1.82, 2.24) is 10.3 Å². The summed E-state index contributed by atoms with van der Waals surface area (Å²) in [6.07, 6.45) is -1.61. The smallest absolute Gasteiger partial charge is 0.493 e. The molecule has 2 heterocycles. The summed E-state index contributed by atoms with van der Waals surface area (Å²) in [5, 5.41) is 8.80. The molecular formula is C32H30F2N4O6. The van der Waals surface area contributed by atoms with Gasteiger partial charge in [-0.15, -0.1) is 8.78 Å². The molecule has 2 amide bonds. The molecule has 0 bridgehead atoms. The summed E-state index contributed by atoms with van der Waals surface area (Å²) in [7, 11) is 1.59. The summed E-state index contributed by atoms with van der Waals surface area (Å²) in [4.78, 5) is 30.1. The Kier molecular flexibility index (Phi) is 9.08. The summed E-state index contributed by atoms with van der Waals surface area (Å²) in [6, 6.07) is 19.9. The van der Waals surface area contributed by atoms with Gasteiger partial charge in [-0.2, -0.15) is 0 Å². The average Bonchev–Trinajstić information content (AvgIpc) is 3.33. The number of pyridine rings is 1. The van der Waals surface area contributed by atoms with E-state index in [0.717, 1.165) is 11.1 Å². The highest BCUT2D eigenvalue weighted by Gasteiger charge is 2.43. The zero-order valence-electron chi connectivity index (χ0n) is 24.0. The maximum Gasteiger partial charge on any atom is 0.586 e. The van der Waals surface area contributed by atoms with E-state index in [0.29, 0.717) is 48.9 Å². The van der Waals surface area contributed by atoms with Crippen molar-refractivity contribution >= 4 is 23.2 Å². The van der Waals surface area contributed by atoms with E-state index in [1.807, 2.05) is 25.1 Å². The number of hydrogen-bond acceptors (Lipinski definition) is 8. The number of halogens is 2. The van der Waals surface area contributed by atoms with E-state index in [-0.39, 0.29) is 28.8 Å². The van der Waals surface area contributed by atoms with Gasteiger partial charge >= 0.3 is 6.29 Å². The van der Waals surface area contributed by atoms with Crippen LogP contribution < -0.4 is 34.9 Å². The highest BCUT2D eigenvalue weighted by molar-refractivity contribution is 6.08. The molecule has 3 aromatic carbocycles. The third kappa shape index (κ3) is 7.33. The number of rotatable bonds is 12. The van der Waals surface area contributed by atoms with E-state index in [2.05, 4.69) is 30.4 Å². The van der Waals surface area contributed by atoms with Crippen molar-refractivity contribution in [2.24, 2.45) is 0 Å². The summed E-state index contributed by atoms with van der Waals surface area (Å²) in [5.41, 5.74) is 3.14. The third-order valence-electron chi connectivity index (χ3n) is 6.60. The molecule has 0 fully saturated rings. The molecule has 0 spiro atoms. The minimum Gasteiger partial charge on any atom is -0.493 e. The molecule has 44 heavy (non-hydrogen) atoms. The predicted molar refractivity (Wildman–Crippen MR) is 159 cm³/mol. The first-order valence-electron chi connectivity index (χ1n) is 13.8. The molecule has 5 rings (SSSR count). The van der Waals surface area contributed by atoms with Crippen LogP contribution in [0.15, 0.2) is 79.0 Å². The van der Waals surface area contributed by atoms with Gasteiger partial charge in [0.1, 0.15) is 5.69 Å². The monoisotopic (exact) mass is 604 g/mol. The Hall–Kier alpha value is -5.39. The van der Waals surface area contributed by atoms with Gasteiger partial charge in [-0.05, 0) is 73.0 Å². The number of hydrogen-bond donors (Lipinski definition) is 3. The quantitative estimate of drug-likeness (QED) is 0.190. The van der Waals surface area contributed by atoms with Gasteiger partial charge in [-0.3, -0.25) is 14.6 Å². The van der Waals surface area contributed by atoms with E-state index < -0.39 is 12.2 Å². The largest absolute Gasteiger partial charge is 0.586 e. The highest BCUT2D eigenvalue weighted by Crippen LogP contribution is 2.42. The molecule has 12 heteroatoms. The molecule has 0 aliphatic carbocycles. The zero-order chi connectivity index (χ0) is 31.1. The molecule has 3 N–H and O–H groups in total. The van der Waals surface area contributed by atoms with Gasteiger partial charge in [0.05, 0.1) is 19.3 Å². The van der Waals surface area contributed by atoms with E-state index in [1.165, 1.54) is 18.2 Å². The van der Waals surface area contributed by atoms with Crippen molar-refractivity contribution in [1.29, 1.82) is 0 Å². The fourth-order valence-corrected chi connectivity index (χ4v) is 4.52. The molecule has 1 aromatic heterocycles. The normalized spacial score (nSPS) is 12.7. The minimum atomic E-state index is -3.75. The molecule has 0 unspecified atom stereocenters. The summed E-state index contributed by atoms with van der Waals surface area (Å²) in [6.45, 7) is 3.11. The molecular weight excluding hydrogens is 574 g/mol. The number of aromatic nitrogens is 1. The van der Waals surface area contributed by atoms with Crippen molar-refractivity contribution < 1.29 is 37.3 Å². The lowest BCUT2D eigenvalue weighted by molar-refractivity contribution is -0.286. The molecule has 1 aliphatic rings. The number of benzene rings is 3. The van der Waals surface area contributed by atoms with Crippen LogP contribution in [0.3, 0.4) is 0 Å². The molecule has 0 atom stereocenters. The molecule has 1 aliphatic heterocycles. The maximum atomic E-state index is 13.3. The third-order valence-corrected chi connectivity index (χ3v) is 6.60. The number of para-hydroxylation sites is 1. The topological polar surface area (TPSA) is 120 Å². The predicted octanol–water partition coefficient (Wildman–Crippen LogP) is 5.65. The second kappa shape index (κ2) is 13.3. The maximum absolute atomic E-state index is 13.3. The fraction of sp³-hybridized carbons (Fsp3) is 0.219. The van der Waals surface area contributed by atoms with Crippen LogP contribution in [0.2, 0.25) is 0 Å². The van der Waals surface area contributed by atoms with Crippen LogP contribution in [0.5, 0.6) is 23.0 Å². The number of carbonyl (C=O) groups excluding carboxylic acids is 2. The summed E-state index contributed by atoms with van der Waals surface area (Å²) >= 11 is 0. The second-order valence-electron chi connectivity index (χ2n) is 9.66. The standard InChI is InChI=1S/C32H30F2N4O6/c1-3-42-28-17-20(8-10-26(28)41-2)12-15-36-31(40)25-16-21(13-14-35-25)19-37-24-7-5-4-6-23(24)30(39)38-22-9-11-27-29(18-22)44-32(33,34)43-27/h4-11,13-14,16-18,37H,3,12,15,19H2,1-2H3,(H,36,40)(H,38,39). The molecule has 0 saturated carbocycles. The lowest BCUT2D eigenvalue weighted by Crippen LogP contribution is -2.26. The number of methoxy groups -OCH3 is 1. The van der Waals surface area contributed by atoms with E-state index in [9.17, 15) is 18.4 Å². The Morgan fingerprint density at radius 3 is 2.55 bits per heavy atom. The van der Waals surface area contributed by atoms with Crippen molar-refractivity contribution in [3.8, 4) is 23.0 Å².